The first-order valence-electron chi connectivity index (χ1n) is 7.04. The van der Waals surface area contributed by atoms with Crippen molar-refractivity contribution in [3.8, 4) is 0 Å². The van der Waals surface area contributed by atoms with Gasteiger partial charge in [-0.3, -0.25) is 14.4 Å². The van der Waals surface area contributed by atoms with Gasteiger partial charge in [-0.1, -0.05) is 0 Å². The summed E-state index contributed by atoms with van der Waals surface area (Å²) in [4.78, 5) is 15.0. The number of hydrogen-bond acceptors (Lipinski definition) is 4. The van der Waals surface area contributed by atoms with Crippen LogP contribution in [-0.4, -0.2) is 52.3 Å². The first kappa shape index (κ1) is 15.7. The summed E-state index contributed by atoms with van der Waals surface area (Å²) in [6.07, 6.45) is 1.27. The summed E-state index contributed by atoms with van der Waals surface area (Å²) in [7, 11) is 0. The van der Waals surface area contributed by atoms with Crippen molar-refractivity contribution in [1.29, 1.82) is 0 Å². The third kappa shape index (κ3) is 3.13. The minimum atomic E-state index is -0.406. The number of carbonyl (C=O) groups excluding carboxylic acids is 1. The van der Waals surface area contributed by atoms with E-state index in [-0.39, 0.29) is 11.8 Å². The molecule has 1 saturated heterocycles. The maximum Gasteiger partial charge on any atom is 0.211 e. The van der Waals surface area contributed by atoms with E-state index < -0.39 is 6.10 Å². The zero-order chi connectivity index (χ0) is 14.9. The largest absolute Gasteiger partial charge is 0.367 e. The van der Waals surface area contributed by atoms with E-state index in [9.17, 15) is 4.79 Å². The third-order valence-electron chi connectivity index (χ3n) is 3.59. The van der Waals surface area contributed by atoms with Crippen molar-refractivity contribution in [3.63, 3.8) is 0 Å². The number of halogens is 1. The highest BCUT2D eigenvalue weighted by Gasteiger charge is 2.32. The molecule has 2 heterocycles. The second-order valence-corrected chi connectivity index (χ2v) is 6.55. The zero-order valence-electron chi connectivity index (χ0n) is 12.5. The van der Waals surface area contributed by atoms with Gasteiger partial charge in [0.1, 0.15) is 11.8 Å². The van der Waals surface area contributed by atoms with E-state index in [0.29, 0.717) is 24.9 Å². The van der Waals surface area contributed by atoms with Crippen molar-refractivity contribution in [3.05, 3.63) is 16.4 Å². The Morgan fingerprint density at radius 1 is 1.40 bits per heavy atom. The van der Waals surface area contributed by atoms with Gasteiger partial charge in [-0.2, -0.15) is 5.10 Å². The minimum absolute atomic E-state index is 0.00780. The molecule has 1 fully saturated rings. The Bertz CT molecular complexity index is 485. The fourth-order valence-electron chi connectivity index (χ4n) is 2.41. The first-order valence-corrected chi connectivity index (χ1v) is 7.84. The smallest absolute Gasteiger partial charge is 0.211 e. The quantitative estimate of drug-likeness (QED) is 0.788. The molecule has 0 amide bonds. The molecule has 6 heteroatoms. The standard InChI is InChI=1S/C14H22BrN3O2/c1-9(2)17-5-6-20-12(8-17)14(19)13-11(15)7-16-18(13)10(3)4/h7,9-10,12H,5-6,8H2,1-4H3. The van der Waals surface area contributed by atoms with E-state index in [4.69, 9.17) is 4.74 Å². The lowest BCUT2D eigenvalue weighted by Crippen LogP contribution is -2.49. The second-order valence-electron chi connectivity index (χ2n) is 5.69. The van der Waals surface area contributed by atoms with Gasteiger partial charge in [0.15, 0.2) is 0 Å². The van der Waals surface area contributed by atoms with E-state index in [1.54, 1.807) is 10.9 Å². The van der Waals surface area contributed by atoms with Crippen LogP contribution in [-0.2, 0) is 4.74 Å². The lowest BCUT2D eigenvalue weighted by atomic mass is 10.1. The molecule has 0 bridgehead atoms. The van der Waals surface area contributed by atoms with Gasteiger partial charge in [0.2, 0.25) is 5.78 Å². The van der Waals surface area contributed by atoms with E-state index in [0.717, 1.165) is 11.0 Å². The molecule has 1 aromatic heterocycles. The van der Waals surface area contributed by atoms with Gasteiger partial charge < -0.3 is 4.74 Å². The molecule has 20 heavy (non-hydrogen) atoms. The lowest BCUT2D eigenvalue weighted by Gasteiger charge is -2.34. The molecule has 2 rings (SSSR count). The van der Waals surface area contributed by atoms with Crippen LogP contribution in [0.5, 0.6) is 0 Å². The van der Waals surface area contributed by atoms with Crippen LogP contribution in [0.2, 0.25) is 0 Å². The minimum Gasteiger partial charge on any atom is -0.367 e. The Morgan fingerprint density at radius 3 is 2.70 bits per heavy atom. The van der Waals surface area contributed by atoms with Gasteiger partial charge in [-0.25, -0.2) is 0 Å². The van der Waals surface area contributed by atoms with Crippen LogP contribution in [0.4, 0.5) is 0 Å². The molecule has 0 aliphatic carbocycles. The van der Waals surface area contributed by atoms with Crippen LogP contribution in [0.1, 0.15) is 44.2 Å². The van der Waals surface area contributed by atoms with Crippen LogP contribution >= 0.6 is 15.9 Å². The first-order chi connectivity index (χ1) is 9.41. The summed E-state index contributed by atoms with van der Waals surface area (Å²) in [6, 6.07) is 0.567. The van der Waals surface area contributed by atoms with Crippen LogP contribution in [0, 0.1) is 0 Å². The fourth-order valence-corrected chi connectivity index (χ4v) is 2.88. The molecule has 0 aromatic carbocycles. The second kappa shape index (κ2) is 6.37. The van der Waals surface area contributed by atoms with Crippen molar-refractivity contribution >= 4 is 21.7 Å². The van der Waals surface area contributed by atoms with Gasteiger partial charge in [0, 0.05) is 25.2 Å². The summed E-state index contributed by atoms with van der Waals surface area (Å²) in [5, 5.41) is 4.27. The van der Waals surface area contributed by atoms with Gasteiger partial charge in [-0.05, 0) is 43.6 Å². The number of morpholine rings is 1. The van der Waals surface area contributed by atoms with Crippen molar-refractivity contribution < 1.29 is 9.53 Å². The van der Waals surface area contributed by atoms with Gasteiger partial charge in [0.05, 0.1) is 17.3 Å². The topological polar surface area (TPSA) is 47.4 Å². The fraction of sp³-hybridized carbons (Fsp3) is 0.714. The number of aromatic nitrogens is 2. The van der Waals surface area contributed by atoms with Crippen molar-refractivity contribution in [2.24, 2.45) is 0 Å². The Hall–Kier alpha value is -0.720. The molecule has 5 nitrogen and oxygen atoms in total. The summed E-state index contributed by atoms with van der Waals surface area (Å²) in [5.41, 5.74) is 0.607. The van der Waals surface area contributed by atoms with Crippen molar-refractivity contribution in [2.75, 3.05) is 19.7 Å². The Morgan fingerprint density at radius 2 is 2.10 bits per heavy atom. The van der Waals surface area contributed by atoms with Crippen LogP contribution in [0.3, 0.4) is 0 Å². The molecule has 1 aliphatic rings. The number of carbonyl (C=O) groups is 1. The number of ketones is 1. The molecule has 0 saturated carbocycles. The number of nitrogens with zero attached hydrogens (tertiary/aromatic N) is 3. The average Bonchev–Trinajstić information content (AvgIpc) is 2.80. The third-order valence-corrected chi connectivity index (χ3v) is 4.17. The highest BCUT2D eigenvalue weighted by atomic mass is 79.9. The molecular formula is C14H22BrN3O2. The highest BCUT2D eigenvalue weighted by Crippen LogP contribution is 2.23. The number of hydrogen-bond donors (Lipinski definition) is 0. The number of ether oxygens (including phenoxy) is 1. The SMILES string of the molecule is CC(C)N1CCOC(C(=O)c2c(Br)cnn2C(C)C)C1. The Kier molecular flexibility index (Phi) is 4.99. The van der Waals surface area contributed by atoms with Crippen LogP contribution in [0.25, 0.3) is 0 Å². The Labute approximate surface area is 128 Å². The highest BCUT2D eigenvalue weighted by molar-refractivity contribution is 9.10. The van der Waals surface area contributed by atoms with Crippen molar-refractivity contribution in [2.45, 2.75) is 45.9 Å². The molecule has 112 valence electrons. The zero-order valence-corrected chi connectivity index (χ0v) is 14.1. The average molecular weight is 344 g/mol. The van der Waals surface area contributed by atoms with E-state index >= 15 is 0 Å². The Balaban J connectivity index is 2.21. The van der Waals surface area contributed by atoms with Crippen LogP contribution < -0.4 is 0 Å². The molecule has 1 unspecified atom stereocenters. The summed E-state index contributed by atoms with van der Waals surface area (Å²) in [6.45, 7) is 10.4. The molecule has 1 atom stereocenters. The monoisotopic (exact) mass is 343 g/mol. The van der Waals surface area contributed by atoms with Gasteiger partial charge in [0.25, 0.3) is 0 Å². The predicted octanol–water partition coefficient (Wildman–Crippen LogP) is 2.52. The maximum absolute atomic E-state index is 12.7. The number of rotatable bonds is 4. The maximum atomic E-state index is 12.7. The van der Waals surface area contributed by atoms with E-state index in [1.165, 1.54) is 0 Å². The van der Waals surface area contributed by atoms with E-state index in [2.05, 4.69) is 39.8 Å². The molecule has 0 N–H and O–H groups in total. The summed E-state index contributed by atoms with van der Waals surface area (Å²) >= 11 is 3.42. The summed E-state index contributed by atoms with van der Waals surface area (Å²) < 4.78 is 8.17. The van der Waals surface area contributed by atoms with Crippen LogP contribution in [0.15, 0.2) is 10.7 Å². The molecule has 1 aromatic rings. The normalized spacial score (nSPS) is 20.9. The molecule has 1 aliphatic heterocycles. The van der Waals surface area contributed by atoms with Gasteiger partial charge >= 0.3 is 0 Å². The molecule has 0 spiro atoms. The lowest BCUT2D eigenvalue weighted by molar-refractivity contribution is -0.0261. The molecular weight excluding hydrogens is 322 g/mol. The number of Topliss-reactive ketones (excluding diaryl/α,β-unsaturated/α-hetero) is 1. The van der Waals surface area contributed by atoms with Gasteiger partial charge in [-0.15, -0.1) is 0 Å². The molecule has 0 radical (unpaired) electrons. The predicted molar refractivity (Wildman–Crippen MR) is 81.1 cm³/mol. The summed E-state index contributed by atoms with van der Waals surface area (Å²) in [5.74, 6) is 0.00780. The van der Waals surface area contributed by atoms with Crippen molar-refractivity contribution in [1.82, 2.24) is 14.7 Å². The van der Waals surface area contributed by atoms with E-state index in [1.807, 2.05) is 13.8 Å².